The lowest BCUT2D eigenvalue weighted by molar-refractivity contribution is -0.145. The van der Waals surface area contributed by atoms with Crippen LogP contribution in [0.4, 0.5) is 0 Å². The van der Waals surface area contributed by atoms with Crippen molar-refractivity contribution in [2.24, 2.45) is 17.3 Å². The van der Waals surface area contributed by atoms with Crippen LogP contribution in [0.25, 0.3) is 0 Å². The number of carboxylic acid groups (broad SMARTS) is 1. The number of carboxylic acids is 1. The maximum atomic E-state index is 11.3. The zero-order valence-corrected chi connectivity index (χ0v) is 12.7. The van der Waals surface area contributed by atoms with E-state index < -0.39 is 5.97 Å². The van der Waals surface area contributed by atoms with Crippen molar-refractivity contribution in [3.05, 3.63) is 0 Å². The molecule has 1 saturated heterocycles. The van der Waals surface area contributed by atoms with Gasteiger partial charge in [-0.3, -0.25) is 9.69 Å². The summed E-state index contributed by atoms with van der Waals surface area (Å²) >= 11 is 0. The first-order valence-electron chi connectivity index (χ1n) is 7.86. The van der Waals surface area contributed by atoms with Gasteiger partial charge in [0.2, 0.25) is 0 Å². The molecule has 110 valence electrons. The van der Waals surface area contributed by atoms with Gasteiger partial charge in [0.1, 0.15) is 0 Å². The summed E-state index contributed by atoms with van der Waals surface area (Å²) in [6, 6.07) is 0.209. The van der Waals surface area contributed by atoms with E-state index >= 15 is 0 Å². The van der Waals surface area contributed by atoms with Crippen LogP contribution < -0.4 is 0 Å². The third-order valence-electron chi connectivity index (χ3n) is 5.39. The fraction of sp³-hybridized carbons (Fsp3) is 0.938. The Balaban J connectivity index is 1.87. The molecule has 0 aromatic heterocycles. The highest BCUT2D eigenvalue weighted by molar-refractivity contribution is 5.70. The molecule has 19 heavy (non-hydrogen) atoms. The second-order valence-electron chi connectivity index (χ2n) is 7.43. The van der Waals surface area contributed by atoms with Crippen LogP contribution in [0.5, 0.6) is 0 Å². The predicted octanol–water partition coefficient (Wildman–Crippen LogP) is 3.39. The average molecular weight is 267 g/mol. The zero-order chi connectivity index (χ0) is 14.0. The van der Waals surface area contributed by atoms with Crippen LogP contribution in [0.2, 0.25) is 0 Å². The monoisotopic (exact) mass is 267 g/mol. The summed E-state index contributed by atoms with van der Waals surface area (Å²) in [6.45, 7) is 9.04. The summed E-state index contributed by atoms with van der Waals surface area (Å²) in [6.07, 6.45) is 7.16. The van der Waals surface area contributed by atoms with Crippen LogP contribution in [0.1, 0.15) is 59.3 Å². The van der Waals surface area contributed by atoms with Crippen LogP contribution >= 0.6 is 0 Å². The summed E-state index contributed by atoms with van der Waals surface area (Å²) in [5, 5.41) is 9.27. The Morgan fingerprint density at radius 3 is 2.47 bits per heavy atom. The SMILES string of the molecule is C[C@@H]1[C@H](C(=O)O)CCCN1CC1CCC(C)(C)CC1. The second kappa shape index (κ2) is 5.82. The molecule has 0 unspecified atom stereocenters. The van der Waals surface area contributed by atoms with Crippen molar-refractivity contribution in [2.45, 2.75) is 65.3 Å². The first-order valence-corrected chi connectivity index (χ1v) is 7.86. The second-order valence-corrected chi connectivity index (χ2v) is 7.43. The maximum Gasteiger partial charge on any atom is 0.308 e. The lowest BCUT2D eigenvalue weighted by atomic mass is 9.73. The van der Waals surface area contributed by atoms with E-state index in [9.17, 15) is 9.90 Å². The molecule has 1 aliphatic carbocycles. The Hall–Kier alpha value is -0.570. The number of nitrogens with zero attached hydrogens (tertiary/aromatic N) is 1. The fourth-order valence-corrected chi connectivity index (χ4v) is 3.77. The summed E-state index contributed by atoms with van der Waals surface area (Å²) in [7, 11) is 0. The molecule has 2 aliphatic rings. The van der Waals surface area contributed by atoms with E-state index in [4.69, 9.17) is 0 Å². The largest absolute Gasteiger partial charge is 0.481 e. The van der Waals surface area contributed by atoms with Crippen LogP contribution in [-0.4, -0.2) is 35.1 Å². The van der Waals surface area contributed by atoms with Gasteiger partial charge in [-0.2, -0.15) is 0 Å². The van der Waals surface area contributed by atoms with E-state index in [-0.39, 0.29) is 12.0 Å². The molecule has 0 aromatic carbocycles. The van der Waals surface area contributed by atoms with E-state index in [0.29, 0.717) is 5.41 Å². The number of hydrogen-bond acceptors (Lipinski definition) is 2. The zero-order valence-electron chi connectivity index (χ0n) is 12.7. The van der Waals surface area contributed by atoms with Gasteiger partial charge in [0.05, 0.1) is 5.92 Å². The molecule has 1 aliphatic heterocycles. The molecule has 2 rings (SSSR count). The van der Waals surface area contributed by atoms with Gasteiger partial charge >= 0.3 is 5.97 Å². The summed E-state index contributed by atoms with van der Waals surface area (Å²) in [5.41, 5.74) is 0.521. The van der Waals surface area contributed by atoms with Gasteiger partial charge in [-0.25, -0.2) is 0 Å². The van der Waals surface area contributed by atoms with Crippen LogP contribution in [-0.2, 0) is 4.79 Å². The fourth-order valence-electron chi connectivity index (χ4n) is 3.77. The van der Waals surface area contributed by atoms with Crippen LogP contribution in [0, 0.1) is 17.3 Å². The van der Waals surface area contributed by atoms with Crippen molar-refractivity contribution < 1.29 is 9.90 Å². The predicted molar refractivity (Wildman–Crippen MR) is 77.1 cm³/mol. The van der Waals surface area contributed by atoms with Crippen LogP contribution in [0.3, 0.4) is 0 Å². The Kier molecular flexibility index (Phi) is 4.54. The first-order chi connectivity index (χ1) is 8.89. The Morgan fingerprint density at radius 2 is 1.89 bits per heavy atom. The highest BCUT2D eigenvalue weighted by Crippen LogP contribution is 2.39. The normalized spacial score (nSPS) is 33.2. The topological polar surface area (TPSA) is 40.5 Å². The van der Waals surface area contributed by atoms with Gasteiger partial charge in [0.25, 0.3) is 0 Å². The van der Waals surface area contributed by atoms with Gasteiger partial charge in [-0.15, -0.1) is 0 Å². The number of likely N-dealkylation sites (tertiary alicyclic amines) is 1. The smallest absolute Gasteiger partial charge is 0.308 e. The number of hydrogen-bond donors (Lipinski definition) is 1. The molecular formula is C16H29NO2. The summed E-state index contributed by atoms with van der Waals surface area (Å²) in [4.78, 5) is 13.7. The molecule has 0 bridgehead atoms. The standard InChI is InChI=1S/C16H29NO2/c1-12-14(15(18)19)5-4-10-17(12)11-13-6-8-16(2,3)9-7-13/h12-14H,4-11H2,1-3H3,(H,18,19)/t12-,14-/m1/s1. The van der Waals surface area contributed by atoms with E-state index in [0.717, 1.165) is 31.8 Å². The quantitative estimate of drug-likeness (QED) is 0.852. The molecule has 0 spiro atoms. The Bertz CT molecular complexity index is 317. The molecule has 1 N–H and O–H groups in total. The molecule has 0 aromatic rings. The highest BCUT2D eigenvalue weighted by atomic mass is 16.4. The highest BCUT2D eigenvalue weighted by Gasteiger charge is 2.35. The molecule has 0 radical (unpaired) electrons. The average Bonchev–Trinajstić information content (AvgIpc) is 2.34. The molecule has 1 heterocycles. The van der Waals surface area contributed by atoms with E-state index in [1.165, 1.54) is 25.7 Å². The molecule has 2 fully saturated rings. The minimum Gasteiger partial charge on any atom is -0.481 e. The van der Waals surface area contributed by atoms with Crippen molar-refractivity contribution in [2.75, 3.05) is 13.1 Å². The first kappa shape index (κ1) is 14.8. The van der Waals surface area contributed by atoms with Crippen molar-refractivity contribution in [3.63, 3.8) is 0 Å². The Morgan fingerprint density at radius 1 is 1.26 bits per heavy atom. The summed E-state index contributed by atoms with van der Waals surface area (Å²) < 4.78 is 0. The van der Waals surface area contributed by atoms with Gasteiger partial charge in [0, 0.05) is 12.6 Å². The van der Waals surface area contributed by atoms with Gasteiger partial charge in [-0.05, 0) is 63.3 Å². The lowest BCUT2D eigenvalue weighted by Crippen LogP contribution is -2.48. The lowest BCUT2D eigenvalue weighted by Gasteiger charge is -2.42. The van der Waals surface area contributed by atoms with Crippen molar-refractivity contribution in [1.82, 2.24) is 4.90 Å². The number of rotatable bonds is 3. The Labute approximate surface area is 117 Å². The van der Waals surface area contributed by atoms with Gasteiger partial charge in [0.15, 0.2) is 0 Å². The number of piperidine rings is 1. The number of aliphatic carboxylic acids is 1. The molecular weight excluding hydrogens is 238 g/mol. The molecule has 2 atom stereocenters. The third-order valence-corrected chi connectivity index (χ3v) is 5.39. The van der Waals surface area contributed by atoms with Gasteiger partial charge in [-0.1, -0.05) is 13.8 Å². The minimum atomic E-state index is -0.609. The van der Waals surface area contributed by atoms with E-state index in [2.05, 4.69) is 25.7 Å². The molecule has 0 amide bonds. The number of carbonyl (C=O) groups is 1. The van der Waals surface area contributed by atoms with E-state index in [1.807, 2.05) is 0 Å². The van der Waals surface area contributed by atoms with Crippen LogP contribution in [0.15, 0.2) is 0 Å². The van der Waals surface area contributed by atoms with Crippen molar-refractivity contribution in [3.8, 4) is 0 Å². The molecule has 1 saturated carbocycles. The molecule has 3 nitrogen and oxygen atoms in total. The van der Waals surface area contributed by atoms with E-state index in [1.54, 1.807) is 0 Å². The van der Waals surface area contributed by atoms with Gasteiger partial charge < -0.3 is 5.11 Å². The third kappa shape index (κ3) is 3.71. The maximum absolute atomic E-state index is 11.3. The van der Waals surface area contributed by atoms with Crippen molar-refractivity contribution in [1.29, 1.82) is 0 Å². The summed E-state index contributed by atoms with van der Waals surface area (Å²) in [5.74, 6) is 0.0128. The minimum absolute atomic E-state index is 0.159. The molecule has 3 heteroatoms. The van der Waals surface area contributed by atoms with Crippen molar-refractivity contribution >= 4 is 5.97 Å².